The molecular formula is C12H9BO. The number of aromatic hydroxyl groups is 1. The Labute approximate surface area is 84.4 Å². The van der Waals surface area contributed by atoms with Crippen molar-refractivity contribution >= 4 is 13.3 Å². The van der Waals surface area contributed by atoms with Crippen molar-refractivity contribution in [3.05, 3.63) is 48.5 Å². The van der Waals surface area contributed by atoms with Gasteiger partial charge in [0.25, 0.3) is 0 Å². The van der Waals surface area contributed by atoms with Crippen molar-refractivity contribution in [2.24, 2.45) is 0 Å². The minimum Gasteiger partial charge on any atom is -0.508 e. The molecule has 2 rings (SSSR count). The van der Waals surface area contributed by atoms with Gasteiger partial charge in [-0.05, 0) is 5.56 Å². The van der Waals surface area contributed by atoms with Gasteiger partial charge in [0.15, 0.2) is 0 Å². The third-order valence-corrected chi connectivity index (χ3v) is 2.15. The normalized spacial score (nSPS) is 10.0. The van der Waals surface area contributed by atoms with Crippen LogP contribution in [0, 0.1) is 0 Å². The molecule has 0 unspecified atom stereocenters. The molecule has 0 atom stereocenters. The lowest BCUT2D eigenvalue weighted by Gasteiger charge is -2.06. The molecule has 1 N–H and O–H groups in total. The molecular weight excluding hydrogens is 171 g/mol. The Morgan fingerprint density at radius 2 is 1.57 bits per heavy atom. The van der Waals surface area contributed by atoms with Crippen LogP contribution in [0.2, 0.25) is 0 Å². The maximum absolute atomic E-state index is 9.73. The second-order valence-electron chi connectivity index (χ2n) is 3.11. The fraction of sp³-hybridized carbons (Fsp3) is 0. The van der Waals surface area contributed by atoms with Crippen molar-refractivity contribution in [2.45, 2.75) is 0 Å². The molecule has 0 aromatic heterocycles. The first-order valence-corrected chi connectivity index (χ1v) is 4.42. The molecule has 0 spiro atoms. The number of phenolic OH excluding ortho intramolecular Hbond substituents is 1. The van der Waals surface area contributed by atoms with Crippen LogP contribution >= 0.6 is 0 Å². The van der Waals surface area contributed by atoms with Crippen LogP contribution in [0.5, 0.6) is 5.75 Å². The van der Waals surface area contributed by atoms with E-state index in [2.05, 4.69) is 0 Å². The Kier molecular flexibility index (Phi) is 2.27. The SMILES string of the molecule is [B]c1cccc(-c2ccccc2)c1O. The van der Waals surface area contributed by atoms with E-state index in [0.717, 1.165) is 11.1 Å². The molecule has 2 aromatic rings. The molecule has 2 aromatic carbocycles. The van der Waals surface area contributed by atoms with Gasteiger partial charge in [0.05, 0.1) is 0 Å². The van der Waals surface area contributed by atoms with Crippen LogP contribution in [0.15, 0.2) is 48.5 Å². The van der Waals surface area contributed by atoms with Crippen molar-refractivity contribution in [1.29, 1.82) is 0 Å². The second-order valence-corrected chi connectivity index (χ2v) is 3.11. The van der Waals surface area contributed by atoms with Crippen LogP contribution in [0.25, 0.3) is 11.1 Å². The Morgan fingerprint density at radius 1 is 0.857 bits per heavy atom. The fourth-order valence-electron chi connectivity index (χ4n) is 1.41. The van der Waals surface area contributed by atoms with Crippen molar-refractivity contribution in [3.63, 3.8) is 0 Å². The maximum Gasteiger partial charge on any atom is 0.119 e. The molecule has 1 nitrogen and oxygen atoms in total. The van der Waals surface area contributed by atoms with E-state index in [4.69, 9.17) is 7.85 Å². The van der Waals surface area contributed by atoms with Gasteiger partial charge in [-0.25, -0.2) is 0 Å². The standard InChI is InChI=1S/C12H9BO/c13-11-8-4-7-10(12(11)14)9-5-2-1-3-6-9/h1-8,14H. The van der Waals surface area contributed by atoms with Gasteiger partial charge in [-0.3, -0.25) is 0 Å². The third-order valence-electron chi connectivity index (χ3n) is 2.15. The highest BCUT2D eigenvalue weighted by atomic mass is 16.3. The van der Waals surface area contributed by atoms with E-state index in [1.807, 2.05) is 42.5 Å². The van der Waals surface area contributed by atoms with E-state index in [1.54, 1.807) is 6.07 Å². The Hall–Kier alpha value is -1.70. The van der Waals surface area contributed by atoms with Gasteiger partial charge < -0.3 is 5.11 Å². The van der Waals surface area contributed by atoms with Crippen molar-refractivity contribution in [3.8, 4) is 16.9 Å². The predicted octanol–water partition coefficient (Wildman–Crippen LogP) is 1.85. The molecule has 0 fully saturated rings. The zero-order valence-electron chi connectivity index (χ0n) is 7.64. The summed E-state index contributed by atoms with van der Waals surface area (Å²) in [4.78, 5) is 0. The molecule has 0 amide bonds. The number of hydrogen-bond donors (Lipinski definition) is 1. The Bertz CT molecular complexity index is 437. The molecule has 0 saturated carbocycles. The lowest BCUT2D eigenvalue weighted by molar-refractivity contribution is 0.481. The van der Waals surface area contributed by atoms with Gasteiger partial charge in [0.1, 0.15) is 13.6 Å². The van der Waals surface area contributed by atoms with Crippen LogP contribution in [0.1, 0.15) is 0 Å². The molecule has 2 radical (unpaired) electrons. The first-order valence-electron chi connectivity index (χ1n) is 4.42. The molecule has 0 heterocycles. The number of para-hydroxylation sites is 1. The molecule has 14 heavy (non-hydrogen) atoms. The van der Waals surface area contributed by atoms with Gasteiger partial charge >= 0.3 is 0 Å². The average Bonchev–Trinajstić information content (AvgIpc) is 2.23. The van der Waals surface area contributed by atoms with Gasteiger partial charge in [-0.15, -0.1) is 0 Å². The topological polar surface area (TPSA) is 20.2 Å². The molecule has 0 aliphatic heterocycles. The van der Waals surface area contributed by atoms with E-state index in [1.165, 1.54) is 0 Å². The summed E-state index contributed by atoms with van der Waals surface area (Å²) in [6, 6.07) is 15.0. The summed E-state index contributed by atoms with van der Waals surface area (Å²) in [5.41, 5.74) is 2.15. The summed E-state index contributed by atoms with van der Waals surface area (Å²) < 4.78 is 0. The maximum atomic E-state index is 9.73. The summed E-state index contributed by atoms with van der Waals surface area (Å²) in [5, 5.41) is 9.73. The molecule has 2 heteroatoms. The van der Waals surface area contributed by atoms with Crippen LogP contribution in [0.4, 0.5) is 0 Å². The molecule has 0 aliphatic carbocycles. The summed E-state index contributed by atoms with van der Waals surface area (Å²) in [6.07, 6.45) is 0. The summed E-state index contributed by atoms with van der Waals surface area (Å²) in [6.45, 7) is 0. The van der Waals surface area contributed by atoms with E-state index >= 15 is 0 Å². The van der Waals surface area contributed by atoms with Crippen molar-refractivity contribution in [1.82, 2.24) is 0 Å². The first-order chi connectivity index (χ1) is 6.79. The van der Waals surface area contributed by atoms with E-state index in [0.29, 0.717) is 5.46 Å². The van der Waals surface area contributed by atoms with Crippen LogP contribution < -0.4 is 5.46 Å². The van der Waals surface area contributed by atoms with Crippen molar-refractivity contribution in [2.75, 3.05) is 0 Å². The van der Waals surface area contributed by atoms with Gasteiger partial charge in [-0.1, -0.05) is 54.0 Å². The minimum absolute atomic E-state index is 0.152. The fourth-order valence-corrected chi connectivity index (χ4v) is 1.41. The predicted molar refractivity (Wildman–Crippen MR) is 58.9 cm³/mol. The molecule has 0 aliphatic rings. The van der Waals surface area contributed by atoms with Gasteiger partial charge in [0.2, 0.25) is 0 Å². The third kappa shape index (κ3) is 1.51. The lowest BCUT2D eigenvalue weighted by Crippen LogP contribution is -2.02. The number of rotatable bonds is 1. The zero-order chi connectivity index (χ0) is 9.97. The van der Waals surface area contributed by atoms with E-state index < -0.39 is 0 Å². The smallest absolute Gasteiger partial charge is 0.119 e. The molecule has 0 bridgehead atoms. The highest BCUT2D eigenvalue weighted by Gasteiger charge is 2.04. The highest BCUT2D eigenvalue weighted by molar-refractivity contribution is 6.34. The van der Waals surface area contributed by atoms with Crippen LogP contribution in [0.3, 0.4) is 0 Å². The largest absolute Gasteiger partial charge is 0.508 e. The Morgan fingerprint density at radius 3 is 2.29 bits per heavy atom. The van der Waals surface area contributed by atoms with E-state index in [-0.39, 0.29) is 5.75 Å². The zero-order valence-corrected chi connectivity index (χ0v) is 7.64. The Balaban J connectivity index is 2.58. The minimum atomic E-state index is 0.152. The first kappa shape index (κ1) is 8.88. The second kappa shape index (κ2) is 3.58. The number of phenols is 1. The lowest BCUT2D eigenvalue weighted by atomic mass is 9.91. The van der Waals surface area contributed by atoms with Gasteiger partial charge in [-0.2, -0.15) is 0 Å². The van der Waals surface area contributed by atoms with E-state index in [9.17, 15) is 5.11 Å². The van der Waals surface area contributed by atoms with Crippen molar-refractivity contribution < 1.29 is 5.11 Å². The summed E-state index contributed by atoms with van der Waals surface area (Å²) >= 11 is 0. The van der Waals surface area contributed by atoms with Crippen LogP contribution in [-0.2, 0) is 0 Å². The quantitative estimate of drug-likeness (QED) is 0.664. The average molecular weight is 180 g/mol. The highest BCUT2D eigenvalue weighted by Crippen LogP contribution is 2.26. The molecule has 0 saturated heterocycles. The number of hydrogen-bond acceptors (Lipinski definition) is 1. The monoisotopic (exact) mass is 180 g/mol. The summed E-state index contributed by atoms with van der Waals surface area (Å²) in [7, 11) is 5.61. The molecule has 66 valence electrons. The summed E-state index contributed by atoms with van der Waals surface area (Å²) in [5.74, 6) is 0.152. The number of benzene rings is 2. The van der Waals surface area contributed by atoms with Crippen LogP contribution in [-0.4, -0.2) is 13.0 Å². The van der Waals surface area contributed by atoms with Gasteiger partial charge in [0, 0.05) is 5.56 Å².